The fourth-order valence-corrected chi connectivity index (χ4v) is 2.15. The van der Waals surface area contributed by atoms with Crippen molar-refractivity contribution in [3.63, 3.8) is 0 Å². The zero-order valence-electron chi connectivity index (χ0n) is 11.5. The Labute approximate surface area is 117 Å². The van der Waals surface area contributed by atoms with Crippen molar-refractivity contribution in [3.05, 3.63) is 41.6 Å². The average molecular weight is 274 g/mol. The minimum atomic E-state index is -0.507. The van der Waals surface area contributed by atoms with Gasteiger partial charge < -0.3 is 14.3 Å². The van der Waals surface area contributed by atoms with Crippen LogP contribution < -0.4 is 4.74 Å². The molecule has 0 spiro atoms. The second-order valence-electron chi connectivity index (χ2n) is 5.20. The summed E-state index contributed by atoms with van der Waals surface area (Å²) in [5.41, 5.74) is 0.822. The maximum Gasteiger partial charge on any atom is 0.253 e. The Morgan fingerprint density at radius 2 is 2.25 bits per heavy atom. The maximum atomic E-state index is 9.53. The van der Waals surface area contributed by atoms with Crippen molar-refractivity contribution in [1.82, 2.24) is 10.2 Å². The molecule has 1 heterocycles. The Balaban J connectivity index is 1.61. The number of ether oxygens (including phenoxy) is 1. The van der Waals surface area contributed by atoms with E-state index in [1.165, 1.54) is 6.42 Å². The second kappa shape index (κ2) is 5.63. The van der Waals surface area contributed by atoms with Crippen LogP contribution in [0.25, 0.3) is 0 Å². The predicted molar refractivity (Wildman–Crippen MR) is 72.3 cm³/mol. The van der Waals surface area contributed by atoms with Crippen LogP contribution in [0.5, 0.6) is 5.75 Å². The lowest BCUT2D eigenvalue weighted by Gasteiger charge is -2.20. The van der Waals surface area contributed by atoms with Crippen LogP contribution in [0.2, 0.25) is 0 Å². The number of nitrogens with zero attached hydrogens (tertiary/aromatic N) is 2. The van der Waals surface area contributed by atoms with Gasteiger partial charge in [-0.25, -0.2) is 0 Å². The van der Waals surface area contributed by atoms with E-state index in [0.29, 0.717) is 17.6 Å². The highest BCUT2D eigenvalue weighted by molar-refractivity contribution is 5.29. The molecule has 3 rings (SSSR count). The standard InChI is InChI=1S/C15H18N2O3/c1-10(18)12-6-3-7-13(8-12)19-9-14-16-17-15(20-14)11-4-2-5-11/h3,6-8,10-11,18H,2,4-5,9H2,1H3. The van der Waals surface area contributed by atoms with Crippen LogP contribution in [0.4, 0.5) is 0 Å². The van der Waals surface area contributed by atoms with Crippen LogP contribution in [0.15, 0.2) is 28.7 Å². The number of rotatable bonds is 5. The second-order valence-corrected chi connectivity index (χ2v) is 5.20. The van der Waals surface area contributed by atoms with Crippen LogP contribution in [-0.2, 0) is 6.61 Å². The van der Waals surface area contributed by atoms with E-state index in [2.05, 4.69) is 10.2 Å². The summed E-state index contributed by atoms with van der Waals surface area (Å²) < 4.78 is 11.2. The number of aromatic nitrogens is 2. The van der Waals surface area contributed by atoms with E-state index in [4.69, 9.17) is 9.15 Å². The number of benzene rings is 1. The van der Waals surface area contributed by atoms with E-state index in [0.717, 1.165) is 24.3 Å². The largest absolute Gasteiger partial charge is 0.484 e. The van der Waals surface area contributed by atoms with Gasteiger partial charge in [0.05, 0.1) is 6.10 Å². The Morgan fingerprint density at radius 3 is 2.95 bits per heavy atom. The van der Waals surface area contributed by atoms with Crippen LogP contribution >= 0.6 is 0 Å². The molecule has 5 heteroatoms. The molecule has 1 aromatic carbocycles. The van der Waals surface area contributed by atoms with Crippen LogP contribution in [0.3, 0.4) is 0 Å². The molecule has 106 valence electrons. The molecule has 5 nitrogen and oxygen atoms in total. The van der Waals surface area contributed by atoms with E-state index in [9.17, 15) is 5.11 Å². The number of aliphatic hydroxyl groups is 1. The molecule has 1 fully saturated rings. The third kappa shape index (κ3) is 2.82. The van der Waals surface area contributed by atoms with Crippen LogP contribution in [0, 0.1) is 0 Å². The molecular weight excluding hydrogens is 256 g/mol. The van der Waals surface area contributed by atoms with E-state index in [-0.39, 0.29) is 6.61 Å². The summed E-state index contributed by atoms with van der Waals surface area (Å²) in [7, 11) is 0. The first-order chi connectivity index (χ1) is 9.72. The Kier molecular flexibility index (Phi) is 3.69. The van der Waals surface area contributed by atoms with Crippen molar-refractivity contribution in [1.29, 1.82) is 0 Å². The molecular formula is C15H18N2O3. The van der Waals surface area contributed by atoms with Crippen molar-refractivity contribution in [2.75, 3.05) is 0 Å². The van der Waals surface area contributed by atoms with Gasteiger partial charge in [-0.1, -0.05) is 18.6 Å². The average Bonchev–Trinajstić information content (AvgIpc) is 2.83. The van der Waals surface area contributed by atoms with Crippen LogP contribution in [-0.4, -0.2) is 15.3 Å². The van der Waals surface area contributed by atoms with E-state index in [1.54, 1.807) is 6.92 Å². The van der Waals surface area contributed by atoms with Crippen molar-refractivity contribution in [2.45, 2.75) is 44.8 Å². The molecule has 0 saturated heterocycles. The molecule has 1 unspecified atom stereocenters. The quantitative estimate of drug-likeness (QED) is 0.907. The minimum Gasteiger partial charge on any atom is -0.484 e. The van der Waals surface area contributed by atoms with Gasteiger partial charge in [-0.2, -0.15) is 0 Å². The highest BCUT2D eigenvalue weighted by Gasteiger charge is 2.25. The Morgan fingerprint density at radius 1 is 1.40 bits per heavy atom. The van der Waals surface area contributed by atoms with E-state index >= 15 is 0 Å². The highest BCUT2D eigenvalue weighted by atomic mass is 16.5. The molecule has 0 bridgehead atoms. The van der Waals surface area contributed by atoms with Gasteiger partial charge in [-0.15, -0.1) is 10.2 Å². The zero-order chi connectivity index (χ0) is 13.9. The van der Waals surface area contributed by atoms with Gasteiger partial charge in [-0.05, 0) is 37.5 Å². The summed E-state index contributed by atoms with van der Waals surface area (Å²) in [5, 5.41) is 17.6. The first-order valence-electron chi connectivity index (χ1n) is 6.95. The van der Waals surface area contributed by atoms with Gasteiger partial charge >= 0.3 is 0 Å². The Bertz CT molecular complexity index is 576. The van der Waals surface area contributed by atoms with Crippen molar-refractivity contribution < 1.29 is 14.3 Å². The smallest absolute Gasteiger partial charge is 0.253 e. The summed E-state index contributed by atoms with van der Waals surface area (Å²) in [6, 6.07) is 7.37. The molecule has 1 saturated carbocycles. The molecule has 1 aliphatic carbocycles. The first-order valence-corrected chi connectivity index (χ1v) is 6.95. The lowest BCUT2D eigenvalue weighted by Crippen LogP contribution is -2.08. The Hall–Kier alpha value is -1.88. The zero-order valence-corrected chi connectivity index (χ0v) is 11.5. The van der Waals surface area contributed by atoms with Gasteiger partial charge in [-0.3, -0.25) is 0 Å². The lowest BCUT2D eigenvalue weighted by atomic mass is 9.85. The van der Waals surface area contributed by atoms with Gasteiger partial charge in [0.1, 0.15) is 5.75 Å². The maximum absolute atomic E-state index is 9.53. The minimum absolute atomic E-state index is 0.253. The first kappa shape index (κ1) is 13.1. The van der Waals surface area contributed by atoms with E-state index in [1.807, 2.05) is 24.3 Å². The number of aliphatic hydroxyl groups excluding tert-OH is 1. The normalized spacial score (nSPS) is 16.7. The molecule has 1 atom stereocenters. The summed E-state index contributed by atoms with van der Waals surface area (Å²) in [6.45, 7) is 1.98. The molecule has 1 aromatic heterocycles. The number of hydrogen-bond acceptors (Lipinski definition) is 5. The topological polar surface area (TPSA) is 68.4 Å². The highest BCUT2D eigenvalue weighted by Crippen LogP contribution is 2.35. The molecule has 0 amide bonds. The third-order valence-electron chi connectivity index (χ3n) is 3.64. The summed E-state index contributed by atoms with van der Waals surface area (Å²) >= 11 is 0. The van der Waals surface area contributed by atoms with E-state index < -0.39 is 6.10 Å². The summed E-state index contributed by atoms with van der Waals surface area (Å²) in [4.78, 5) is 0. The molecule has 2 aromatic rings. The number of hydrogen-bond donors (Lipinski definition) is 1. The summed E-state index contributed by atoms with van der Waals surface area (Å²) in [5.74, 6) is 2.35. The SMILES string of the molecule is CC(O)c1cccc(OCc2nnc(C3CCC3)o2)c1. The predicted octanol–water partition coefficient (Wildman–Crippen LogP) is 2.97. The molecule has 20 heavy (non-hydrogen) atoms. The molecule has 1 aliphatic rings. The fourth-order valence-electron chi connectivity index (χ4n) is 2.15. The molecule has 0 aliphatic heterocycles. The molecule has 0 radical (unpaired) electrons. The fraction of sp³-hybridized carbons (Fsp3) is 0.467. The van der Waals surface area contributed by atoms with Crippen molar-refractivity contribution in [3.8, 4) is 5.75 Å². The van der Waals surface area contributed by atoms with Gasteiger partial charge in [0, 0.05) is 5.92 Å². The summed E-state index contributed by atoms with van der Waals surface area (Å²) in [6.07, 6.45) is 3.01. The van der Waals surface area contributed by atoms with Crippen molar-refractivity contribution in [2.24, 2.45) is 0 Å². The monoisotopic (exact) mass is 274 g/mol. The van der Waals surface area contributed by atoms with Crippen LogP contribution in [0.1, 0.15) is 55.6 Å². The lowest BCUT2D eigenvalue weighted by molar-refractivity contribution is 0.198. The van der Waals surface area contributed by atoms with Crippen molar-refractivity contribution >= 4 is 0 Å². The third-order valence-corrected chi connectivity index (χ3v) is 3.64. The van der Waals surface area contributed by atoms with Gasteiger partial charge in [0.15, 0.2) is 6.61 Å². The van der Waals surface area contributed by atoms with Gasteiger partial charge in [0.25, 0.3) is 5.89 Å². The molecule has 1 N–H and O–H groups in total. The van der Waals surface area contributed by atoms with Gasteiger partial charge in [0.2, 0.25) is 5.89 Å².